The van der Waals surface area contributed by atoms with E-state index in [2.05, 4.69) is 44.7 Å². The van der Waals surface area contributed by atoms with Gasteiger partial charge < -0.3 is 10.6 Å². The van der Waals surface area contributed by atoms with E-state index in [4.69, 9.17) is 5.73 Å². The number of benzene rings is 1. The molecule has 0 atom stereocenters. The number of nitrogens with two attached hydrogens (primary N) is 1. The molecule has 2 aliphatic carbocycles. The SMILES string of the molecule is CC(C)Cc1cc(CC(C)C)c(N(C2CCCCC2)C2CCCCC2)cc1N. The third-order valence-corrected chi connectivity index (χ3v) is 6.81. The average molecular weight is 385 g/mol. The highest BCUT2D eigenvalue weighted by atomic mass is 15.2. The zero-order valence-corrected chi connectivity index (χ0v) is 19.0. The van der Waals surface area contributed by atoms with Gasteiger partial charge in [-0.1, -0.05) is 72.3 Å². The second-order valence-corrected chi connectivity index (χ2v) is 10.4. The van der Waals surface area contributed by atoms with Crippen LogP contribution in [0.15, 0.2) is 12.1 Å². The van der Waals surface area contributed by atoms with Crippen LogP contribution in [-0.4, -0.2) is 12.1 Å². The molecule has 0 aliphatic heterocycles. The van der Waals surface area contributed by atoms with Gasteiger partial charge in [0.25, 0.3) is 0 Å². The first-order chi connectivity index (χ1) is 13.5. The third kappa shape index (κ3) is 5.45. The average Bonchev–Trinajstić information content (AvgIpc) is 2.66. The van der Waals surface area contributed by atoms with E-state index >= 15 is 0 Å². The number of hydrogen-bond acceptors (Lipinski definition) is 2. The van der Waals surface area contributed by atoms with E-state index in [1.807, 2.05) is 0 Å². The van der Waals surface area contributed by atoms with E-state index in [9.17, 15) is 0 Å². The van der Waals surface area contributed by atoms with E-state index in [1.165, 1.54) is 75.5 Å². The van der Waals surface area contributed by atoms with Crippen LogP contribution in [0.25, 0.3) is 0 Å². The van der Waals surface area contributed by atoms with Crippen LogP contribution in [-0.2, 0) is 12.8 Å². The van der Waals surface area contributed by atoms with Crippen LogP contribution in [0.4, 0.5) is 11.4 Å². The molecule has 0 amide bonds. The standard InChI is InChI=1S/C26H44N2/c1-19(2)15-21-17-22(16-20(3)4)26(18-25(21)27)28(23-11-7-5-8-12-23)24-13-9-6-10-14-24/h17-20,23-24H,5-16,27H2,1-4H3. The largest absolute Gasteiger partial charge is 0.398 e. The molecular formula is C26H44N2. The third-order valence-electron chi connectivity index (χ3n) is 6.81. The molecule has 0 radical (unpaired) electrons. The molecule has 0 bridgehead atoms. The van der Waals surface area contributed by atoms with Crippen LogP contribution in [0.1, 0.15) is 103 Å². The van der Waals surface area contributed by atoms with Crippen molar-refractivity contribution in [3.8, 4) is 0 Å². The second-order valence-electron chi connectivity index (χ2n) is 10.4. The molecule has 2 fully saturated rings. The highest BCUT2D eigenvalue weighted by molar-refractivity contribution is 5.66. The Morgan fingerprint density at radius 3 is 1.68 bits per heavy atom. The van der Waals surface area contributed by atoms with Gasteiger partial charge in [0.2, 0.25) is 0 Å². The molecule has 0 unspecified atom stereocenters. The summed E-state index contributed by atoms with van der Waals surface area (Å²) in [6, 6.07) is 6.29. The van der Waals surface area contributed by atoms with Gasteiger partial charge >= 0.3 is 0 Å². The van der Waals surface area contributed by atoms with Crippen molar-refractivity contribution < 1.29 is 0 Å². The van der Waals surface area contributed by atoms with Crippen molar-refractivity contribution in [3.63, 3.8) is 0 Å². The predicted molar refractivity (Wildman–Crippen MR) is 124 cm³/mol. The smallest absolute Gasteiger partial charge is 0.0424 e. The zero-order chi connectivity index (χ0) is 20.1. The highest BCUT2D eigenvalue weighted by Gasteiger charge is 2.31. The van der Waals surface area contributed by atoms with Crippen molar-refractivity contribution in [2.24, 2.45) is 11.8 Å². The summed E-state index contributed by atoms with van der Waals surface area (Å²) < 4.78 is 0. The maximum absolute atomic E-state index is 6.64. The molecule has 2 heteroatoms. The van der Waals surface area contributed by atoms with Crippen LogP contribution < -0.4 is 10.6 Å². The number of anilines is 2. The molecule has 2 aliphatic rings. The van der Waals surface area contributed by atoms with Gasteiger partial charge in [0, 0.05) is 23.5 Å². The lowest BCUT2D eigenvalue weighted by Crippen LogP contribution is -2.46. The first-order valence-electron chi connectivity index (χ1n) is 12.1. The summed E-state index contributed by atoms with van der Waals surface area (Å²) in [6.07, 6.45) is 16.1. The minimum atomic E-state index is 0.646. The zero-order valence-electron chi connectivity index (χ0n) is 19.0. The molecule has 2 N–H and O–H groups in total. The lowest BCUT2D eigenvalue weighted by Gasteiger charge is -2.44. The summed E-state index contributed by atoms with van der Waals surface area (Å²) in [5.74, 6) is 1.32. The van der Waals surface area contributed by atoms with Crippen molar-refractivity contribution in [1.82, 2.24) is 0 Å². The van der Waals surface area contributed by atoms with Gasteiger partial charge in [-0.15, -0.1) is 0 Å². The van der Waals surface area contributed by atoms with Crippen LogP contribution in [0.5, 0.6) is 0 Å². The van der Waals surface area contributed by atoms with Crippen LogP contribution >= 0.6 is 0 Å². The summed E-state index contributed by atoms with van der Waals surface area (Å²) in [5, 5.41) is 0. The van der Waals surface area contributed by atoms with E-state index < -0.39 is 0 Å². The number of nitrogens with zero attached hydrogens (tertiary/aromatic N) is 1. The molecule has 0 aromatic heterocycles. The topological polar surface area (TPSA) is 29.3 Å². The molecule has 0 heterocycles. The fraction of sp³-hybridized carbons (Fsp3) is 0.769. The maximum Gasteiger partial charge on any atom is 0.0424 e. The normalized spacial score (nSPS) is 19.5. The molecular weight excluding hydrogens is 340 g/mol. The van der Waals surface area contributed by atoms with Gasteiger partial charge in [-0.3, -0.25) is 0 Å². The first-order valence-corrected chi connectivity index (χ1v) is 12.1. The monoisotopic (exact) mass is 384 g/mol. The summed E-state index contributed by atoms with van der Waals surface area (Å²) in [4.78, 5) is 2.88. The summed E-state index contributed by atoms with van der Waals surface area (Å²) in [6.45, 7) is 9.30. The molecule has 0 spiro atoms. The van der Waals surface area contributed by atoms with Crippen molar-refractivity contribution in [2.45, 2.75) is 117 Å². The molecule has 2 saturated carbocycles. The van der Waals surface area contributed by atoms with Crippen molar-refractivity contribution in [1.29, 1.82) is 0 Å². The molecule has 1 aromatic carbocycles. The van der Waals surface area contributed by atoms with Gasteiger partial charge in [-0.25, -0.2) is 0 Å². The number of hydrogen-bond donors (Lipinski definition) is 1. The fourth-order valence-electron chi connectivity index (χ4n) is 5.57. The lowest BCUT2D eigenvalue weighted by atomic mass is 9.86. The Morgan fingerprint density at radius 2 is 1.21 bits per heavy atom. The predicted octanol–water partition coefficient (Wildman–Crippen LogP) is 7.14. The fourth-order valence-corrected chi connectivity index (χ4v) is 5.57. The lowest BCUT2D eigenvalue weighted by molar-refractivity contribution is 0.339. The molecule has 3 rings (SSSR count). The van der Waals surface area contributed by atoms with Gasteiger partial charge in [0.1, 0.15) is 0 Å². The van der Waals surface area contributed by atoms with Crippen molar-refractivity contribution >= 4 is 11.4 Å². The quantitative estimate of drug-likeness (QED) is 0.506. The maximum atomic E-state index is 6.64. The second kappa shape index (κ2) is 10.0. The van der Waals surface area contributed by atoms with Gasteiger partial charge in [-0.2, -0.15) is 0 Å². The summed E-state index contributed by atoms with van der Waals surface area (Å²) in [7, 11) is 0. The van der Waals surface area contributed by atoms with E-state index in [0.717, 1.165) is 30.6 Å². The van der Waals surface area contributed by atoms with Crippen molar-refractivity contribution in [2.75, 3.05) is 10.6 Å². The van der Waals surface area contributed by atoms with E-state index in [-0.39, 0.29) is 0 Å². The summed E-state index contributed by atoms with van der Waals surface area (Å²) in [5.41, 5.74) is 12.1. The Kier molecular flexibility index (Phi) is 7.71. The summed E-state index contributed by atoms with van der Waals surface area (Å²) >= 11 is 0. The van der Waals surface area contributed by atoms with Crippen LogP contribution in [0.2, 0.25) is 0 Å². The Balaban J connectivity index is 2.01. The Labute approximate surface area is 174 Å². The minimum Gasteiger partial charge on any atom is -0.398 e. The number of rotatable bonds is 7. The van der Waals surface area contributed by atoms with Crippen molar-refractivity contribution in [3.05, 3.63) is 23.3 Å². The molecule has 0 saturated heterocycles. The molecule has 2 nitrogen and oxygen atoms in total. The van der Waals surface area contributed by atoms with Crippen LogP contribution in [0.3, 0.4) is 0 Å². The highest BCUT2D eigenvalue weighted by Crippen LogP contribution is 2.39. The van der Waals surface area contributed by atoms with Crippen LogP contribution in [0, 0.1) is 11.8 Å². The van der Waals surface area contributed by atoms with E-state index in [1.54, 1.807) is 5.56 Å². The van der Waals surface area contributed by atoms with Gasteiger partial charge in [-0.05, 0) is 67.6 Å². The minimum absolute atomic E-state index is 0.646. The Bertz CT molecular complexity index is 589. The Morgan fingerprint density at radius 1 is 0.750 bits per heavy atom. The molecule has 1 aromatic rings. The van der Waals surface area contributed by atoms with E-state index in [0.29, 0.717) is 11.8 Å². The molecule has 28 heavy (non-hydrogen) atoms. The van der Waals surface area contributed by atoms with Gasteiger partial charge in [0.05, 0.1) is 0 Å². The number of nitrogen functional groups attached to an aromatic ring is 1. The molecule has 158 valence electrons. The Hall–Kier alpha value is -1.18. The first kappa shape index (κ1) is 21.5. The van der Waals surface area contributed by atoms with Gasteiger partial charge in [0.15, 0.2) is 0 Å².